The number of hydrogen-bond acceptors (Lipinski definition) is 4. The van der Waals surface area contributed by atoms with E-state index in [0.29, 0.717) is 6.54 Å². The van der Waals surface area contributed by atoms with Crippen LogP contribution in [0.15, 0.2) is 24.8 Å². The Labute approximate surface area is 86.9 Å². The molecule has 0 aliphatic carbocycles. The summed E-state index contributed by atoms with van der Waals surface area (Å²) in [6.07, 6.45) is 5.15. The Morgan fingerprint density at radius 2 is 2.27 bits per heavy atom. The van der Waals surface area contributed by atoms with Crippen molar-refractivity contribution in [1.29, 1.82) is 0 Å². The van der Waals surface area contributed by atoms with Crippen molar-refractivity contribution in [3.05, 3.63) is 30.5 Å². The lowest BCUT2D eigenvalue weighted by atomic mass is 9.87. The van der Waals surface area contributed by atoms with Gasteiger partial charge in [-0.3, -0.25) is 4.68 Å². The lowest BCUT2D eigenvalue weighted by molar-refractivity contribution is 0.423. The molecule has 2 heterocycles. The van der Waals surface area contributed by atoms with E-state index in [2.05, 4.69) is 10.1 Å². The first-order valence-corrected chi connectivity index (χ1v) is 4.51. The summed E-state index contributed by atoms with van der Waals surface area (Å²) in [6.45, 7) is 0.559. The number of nitrogens with zero attached hydrogens (tertiary/aromatic N) is 4. The molecular weight excluding hydrogens is 195 g/mol. The van der Waals surface area contributed by atoms with Crippen molar-refractivity contribution in [2.24, 2.45) is 7.05 Å². The molecule has 15 heavy (non-hydrogen) atoms. The monoisotopic (exact) mass is 206 g/mol. The van der Waals surface area contributed by atoms with Gasteiger partial charge in [0.2, 0.25) is 0 Å². The Morgan fingerprint density at radius 3 is 2.80 bits per heavy atom. The summed E-state index contributed by atoms with van der Waals surface area (Å²) in [7, 11) is 0.381. The SMILES string of the molecule is Cn1cncc1Cn1ccc(B(O)O)n1. The van der Waals surface area contributed by atoms with Crippen molar-refractivity contribution in [1.82, 2.24) is 19.3 Å². The third-order valence-electron chi connectivity index (χ3n) is 2.17. The molecule has 0 saturated heterocycles. The quantitative estimate of drug-likeness (QED) is 0.589. The summed E-state index contributed by atoms with van der Waals surface area (Å²) < 4.78 is 3.52. The van der Waals surface area contributed by atoms with Crippen LogP contribution < -0.4 is 5.59 Å². The van der Waals surface area contributed by atoms with Crippen molar-refractivity contribution in [2.45, 2.75) is 6.54 Å². The van der Waals surface area contributed by atoms with Gasteiger partial charge in [0.1, 0.15) is 0 Å². The van der Waals surface area contributed by atoms with Gasteiger partial charge in [-0.15, -0.1) is 0 Å². The minimum absolute atomic E-state index is 0.247. The van der Waals surface area contributed by atoms with Crippen LogP contribution in [0.2, 0.25) is 0 Å². The van der Waals surface area contributed by atoms with E-state index in [1.54, 1.807) is 29.5 Å². The van der Waals surface area contributed by atoms with Crippen LogP contribution in [0.5, 0.6) is 0 Å². The zero-order valence-corrected chi connectivity index (χ0v) is 8.28. The summed E-state index contributed by atoms with van der Waals surface area (Å²) in [6, 6.07) is 1.57. The second kappa shape index (κ2) is 3.88. The van der Waals surface area contributed by atoms with E-state index in [9.17, 15) is 0 Å². The molecule has 0 radical (unpaired) electrons. The summed E-state index contributed by atoms with van der Waals surface area (Å²) in [5, 5.41) is 21.8. The number of hydrogen-bond donors (Lipinski definition) is 2. The molecule has 6 nitrogen and oxygen atoms in total. The average molecular weight is 206 g/mol. The zero-order valence-electron chi connectivity index (χ0n) is 8.28. The number of imidazole rings is 1. The predicted octanol–water partition coefficient (Wildman–Crippen LogP) is -1.66. The molecule has 0 bridgehead atoms. The third kappa shape index (κ3) is 2.08. The number of rotatable bonds is 3. The van der Waals surface area contributed by atoms with Crippen LogP contribution in [0, 0.1) is 0 Å². The van der Waals surface area contributed by atoms with Crippen LogP contribution in [0.25, 0.3) is 0 Å². The molecule has 0 amide bonds. The van der Waals surface area contributed by atoms with Gasteiger partial charge in [-0.25, -0.2) is 4.98 Å². The van der Waals surface area contributed by atoms with Crippen molar-refractivity contribution in [3.8, 4) is 0 Å². The Balaban J connectivity index is 2.15. The molecule has 0 fully saturated rings. The molecular formula is C8H11BN4O2. The van der Waals surface area contributed by atoms with Gasteiger partial charge in [0.15, 0.2) is 0 Å². The van der Waals surface area contributed by atoms with Gasteiger partial charge in [-0.2, -0.15) is 5.10 Å². The number of aromatic nitrogens is 4. The maximum Gasteiger partial charge on any atom is 0.510 e. The molecule has 2 aromatic rings. The zero-order chi connectivity index (χ0) is 10.8. The van der Waals surface area contributed by atoms with Gasteiger partial charge in [-0.05, 0) is 6.07 Å². The minimum Gasteiger partial charge on any atom is -0.422 e. The third-order valence-corrected chi connectivity index (χ3v) is 2.17. The van der Waals surface area contributed by atoms with E-state index in [0.717, 1.165) is 5.69 Å². The van der Waals surface area contributed by atoms with Crippen LogP contribution in [0.3, 0.4) is 0 Å². The van der Waals surface area contributed by atoms with Crippen LogP contribution in [0.1, 0.15) is 5.69 Å². The van der Waals surface area contributed by atoms with Crippen molar-refractivity contribution < 1.29 is 10.0 Å². The molecule has 0 aliphatic heterocycles. The normalized spacial score (nSPS) is 10.6. The second-order valence-corrected chi connectivity index (χ2v) is 3.31. The fraction of sp³-hybridized carbons (Fsp3) is 0.250. The molecule has 0 aliphatic rings. The van der Waals surface area contributed by atoms with Crippen LogP contribution >= 0.6 is 0 Å². The fourth-order valence-corrected chi connectivity index (χ4v) is 1.31. The topological polar surface area (TPSA) is 76.1 Å². The van der Waals surface area contributed by atoms with Gasteiger partial charge in [-0.1, -0.05) is 0 Å². The van der Waals surface area contributed by atoms with Gasteiger partial charge in [0.05, 0.1) is 30.4 Å². The van der Waals surface area contributed by atoms with E-state index in [1.165, 1.54) is 0 Å². The Morgan fingerprint density at radius 1 is 1.47 bits per heavy atom. The minimum atomic E-state index is -1.52. The van der Waals surface area contributed by atoms with E-state index in [1.807, 2.05) is 11.6 Å². The summed E-state index contributed by atoms with van der Waals surface area (Å²) in [4.78, 5) is 3.98. The molecule has 0 spiro atoms. The summed E-state index contributed by atoms with van der Waals surface area (Å²) >= 11 is 0. The lowest BCUT2D eigenvalue weighted by Gasteiger charge is -2.02. The molecule has 2 aromatic heterocycles. The first-order valence-electron chi connectivity index (χ1n) is 4.51. The van der Waals surface area contributed by atoms with Crippen LogP contribution in [-0.2, 0) is 13.6 Å². The fourth-order valence-electron chi connectivity index (χ4n) is 1.31. The Hall–Kier alpha value is -1.60. The average Bonchev–Trinajstić information content (AvgIpc) is 2.77. The molecule has 0 aromatic carbocycles. The molecule has 0 saturated carbocycles. The van der Waals surface area contributed by atoms with Gasteiger partial charge in [0, 0.05) is 13.2 Å². The maximum atomic E-state index is 8.88. The van der Waals surface area contributed by atoms with Crippen LogP contribution in [-0.4, -0.2) is 36.5 Å². The van der Waals surface area contributed by atoms with Gasteiger partial charge in [0.25, 0.3) is 0 Å². The van der Waals surface area contributed by atoms with E-state index in [4.69, 9.17) is 10.0 Å². The number of aryl methyl sites for hydroxylation is 1. The van der Waals surface area contributed by atoms with Crippen molar-refractivity contribution >= 4 is 12.7 Å². The Kier molecular flexibility index (Phi) is 2.57. The highest BCUT2D eigenvalue weighted by Crippen LogP contribution is 1.98. The van der Waals surface area contributed by atoms with Gasteiger partial charge < -0.3 is 14.6 Å². The molecule has 7 heteroatoms. The predicted molar refractivity (Wildman–Crippen MR) is 54.4 cm³/mol. The largest absolute Gasteiger partial charge is 0.510 e. The summed E-state index contributed by atoms with van der Waals surface area (Å²) in [5.74, 6) is 0. The summed E-state index contributed by atoms with van der Waals surface area (Å²) in [5.41, 5.74) is 1.24. The first-order chi connectivity index (χ1) is 7.16. The molecule has 2 N–H and O–H groups in total. The van der Waals surface area contributed by atoms with Crippen molar-refractivity contribution in [2.75, 3.05) is 0 Å². The van der Waals surface area contributed by atoms with E-state index in [-0.39, 0.29) is 5.59 Å². The highest BCUT2D eigenvalue weighted by Gasteiger charge is 2.14. The van der Waals surface area contributed by atoms with Crippen LogP contribution in [0.4, 0.5) is 0 Å². The van der Waals surface area contributed by atoms with Crippen molar-refractivity contribution in [3.63, 3.8) is 0 Å². The second-order valence-electron chi connectivity index (χ2n) is 3.31. The standard InChI is InChI=1S/C8H11BN4O2/c1-12-6-10-4-7(12)5-13-3-2-8(11-13)9(14)15/h2-4,6,14-15H,5H2,1H3. The highest BCUT2D eigenvalue weighted by atomic mass is 16.4. The smallest absolute Gasteiger partial charge is 0.422 e. The lowest BCUT2D eigenvalue weighted by Crippen LogP contribution is -2.31. The van der Waals surface area contributed by atoms with E-state index < -0.39 is 7.12 Å². The highest BCUT2D eigenvalue weighted by molar-refractivity contribution is 6.57. The molecule has 0 unspecified atom stereocenters. The Bertz CT molecular complexity index is 451. The van der Waals surface area contributed by atoms with Gasteiger partial charge >= 0.3 is 7.12 Å². The molecule has 0 atom stereocenters. The maximum absolute atomic E-state index is 8.88. The first kappa shape index (κ1) is 9.94. The molecule has 2 rings (SSSR count). The molecule has 78 valence electrons. The van der Waals surface area contributed by atoms with E-state index >= 15 is 0 Å².